The van der Waals surface area contributed by atoms with E-state index >= 15 is 0 Å². The Labute approximate surface area is 146 Å². The largest absolute Gasteiger partial charge is 0.493 e. The first-order chi connectivity index (χ1) is 11.0. The summed E-state index contributed by atoms with van der Waals surface area (Å²) in [6.07, 6.45) is 1.79. The number of thioether (sulfide) groups is 1. The third-order valence-corrected chi connectivity index (χ3v) is 4.25. The molecule has 0 aliphatic heterocycles. The standard InChI is InChI=1S/C15H14BrN3O3S/c1-4-22-12-5-8(10(16)6-11(12)21-2)13-9(7-17)14(20)19-15(18-13)23-3/h5-6H,4H2,1-3H3,(H,18,19,20). The Morgan fingerprint density at radius 3 is 2.74 bits per heavy atom. The van der Waals surface area contributed by atoms with Crippen LogP contribution in [0.5, 0.6) is 11.5 Å². The van der Waals surface area contributed by atoms with Crippen LogP contribution >= 0.6 is 27.7 Å². The number of benzene rings is 1. The molecule has 0 amide bonds. The summed E-state index contributed by atoms with van der Waals surface area (Å²) < 4.78 is 11.5. The minimum atomic E-state index is -0.470. The van der Waals surface area contributed by atoms with Crippen molar-refractivity contribution in [2.45, 2.75) is 12.1 Å². The van der Waals surface area contributed by atoms with Gasteiger partial charge < -0.3 is 14.5 Å². The van der Waals surface area contributed by atoms with Gasteiger partial charge in [-0.25, -0.2) is 4.98 Å². The molecule has 0 spiro atoms. The molecule has 0 saturated heterocycles. The van der Waals surface area contributed by atoms with E-state index in [1.54, 1.807) is 25.5 Å². The predicted octanol–water partition coefficient (Wildman–Crippen LogP) is 3.20. The Morgan fingerprint density at radius 2 is 2.17 bits per heavy atom. The van der Waals surface area contributed by atoms with Crippen molar-refractivity contribution in [3.63, 3.8) is 0 Å². The van der Waals surface area contributed by atoms with E-state index in [-0.39, 0.29) is 5.56 Å². The van der Waals surface area contributed by atoms with Crippen LogP contribution in [-0.4, -0.2) is 29.9 Å². The van der Waals surface area contributed by atoms with Crippen molar-refractivity contribution in [1.29, 1.82) is 5.26 Å². The Morgan fingerprint density at radius 1 is 1.43 bits per heavy atom. The number of nitrogens with one attached hydrogen (secondary N) is 1. The Bertz CT molecular complexity index is 830. The smallest absolute Gasteiger partial charge is 0.270 e. The van der Waals surface area contributed by atoms with Gasteiger partial charge in [-0.2, -0.15) is 5.26 Å². The van der Waals surface area contributed by atoms with Crippen LogP contribution in [-0.2, 0) is 0 Å². The topological polar surface area (TPSA) is 88.0 Å². The number of aromatic nitrogens is 2. The monoisotopic (exact) mass is 395 g/mol. The average Bonchev–Trinajstić information content (AvgIpc) is 2.55. The second-order valence-electron chi connectivity index (χ2n) is 4.33. The number of nitriles is 1. The van der Waals surface area contributed by atoms with Crippen molar-refractivity contribution < 1.29 is 9.47 Å². The maximum absolute atomic E-state index is 12.1. The van der Waals surface area contributed by atoms with Crippen molar-refractivity contribution in [2.24, 2.45) is 0 Å². The summed E-state index contributed by atoms with van der Waals surface area (Å²) >= 11 is 4.73. The maximum atomic E-state index is 12.1. The van der Waals surface area contributed by atoms with Crippen LogP contribution in [0.15, 0.2) is 26.6 Å². The molecule has 6 nitrogen and oxygen atoms in total. The first-order valence-corrected chi connectivity index (χ1v) is 8.66. The van der Waals surface area contributed by atoms with E-state index in [0.29, 0.717) is 39.0 Å². The molecule has 0 atom stereocenters. The number of hydrogen-bond donors (Lipinski definition) is 1. The highest BCUT2D eigenvalue weighted by atomic mass is 79.9. The van der Waals surface area contributed by atoms with Gasteiger partial charge in [0.05, 0.1) is 19.4 Å². The summed E-state index contributed by atoms with van der Waals surface area (Å²) in [4.78, 5) is 19.0. The predicted molar refractivity (Wildman–Crippen MR) is 92.2 cm³/mol. The molecule has 0 unspecified atom stereocenters. The molecule has 1 heterocycles. The maximum Gasteiger partial charge on any atom is 0.270 e. The highest BCUT2D eigenvalue weighted by molar-refractivity contribution is 9.10. The number of methoxy groups -OCH3 is 1. The van der Waals surface area contributed by atoms with E-state index in [1.807, 2.05) is 13.0 Å². The summed E-state index contributed by atoms with van der Waals surface area (Å²) in [6.45, 7) is 2.32. The van der Waals surface area contributed by atoms with Gasteiger partial charge in [-0.3, -0.25) is 4.79 Å². The zero-order chi connectivity index (χ0) is 17.0. The van der Waals surface area contributed by atoms with E-state index in [2.05, 4.69) is 25.9 Å². The molecule has 0 aliphatic rings. The summed E-state index contributed by atoms with van der Waals surface area (Å²) in [5, 5.41) is 9.74. The number of hydrogen-bond acceptors (Lipinski definition) is 6. The molecule has 0 bridgehead atoms. The lowest BCUT2D eigenvalue weighted by molar-refractivity contribution is 0.311. The lowest BCUT2D eigenvalue weighted by Crippen LogP contribution is -2.14. The molecular weight excluding hydrogens is 382 g/mol. The molecule has 0 radical (unpaired) electrons. The normalized spacial score (nSPS) is 10.2. The molecule has 2 aromatic rings. The van der Waals surface area contributed by atoms with Gasteiger partial charge in [0.2, 0.25) is 0 Å². The zero-order valence-electron chi connectivity index (χ0n) is 12.8. The lowest BCUT2D eigenvalue weighted by Gasteiger charge is -2.13. The van der Waals surface area contributed by atoms with Crippen LogP contribution in [0.4, 0.5) is 0 Å². The third-order valence-electron chi connectivity index (χ3n) is 3.01. The molecule has 0 fully saturated rings. The summed E-state index contributed by atoms with van der Waals surface area (Å²) in [5.74, 6) is 1.07. The van der Waals surface area contributed by atoms with E-state index in [1.165, 1.54) is 11.8 Å². The van der Waals surface area contributed by atoms with E-state index < -0.39 is 5.56 Å². The Hall–Kier alpha value is -1.98. The van der Waals surface area contributed by atoms with Crippen LogP contribution in [0.3, 0.4) is 0 Å². The number of aromatic amines is 1. The molecule has 1 N–H and O–H groups in total. The van der Waals surface area contributed by atoms with Crippen molar-refractivity contribution in [3.8, 4) is 28.8 Å². The number of nitrogens with zero attached hydrogens (tertiary/aromatic N) is 2. The number of halogens is 1. The van der Waals surface area contributed by atoms with E-state index in [0.717, 1.165) is 0 Å². The van der Waals surface area contributed by atoms with Gasteiger partial charge in [-0.15, -0.1) is 0 Å². The molecule has 2 rings (SSSR count). The number of ether oxygens (including phenoxy) is 2. The van der Waals surface area contributed by atoms with Crippen LogP contribution in [0.25, 0.3) is 11.3 Å². The summed E-state index contributed by atoms with van der Waals surface area (Å²) in [6, 6.07) is 5.35. The van der Waals surface area contributed by atoms with Gasteiger partial charge in [-0.1, -0.05) is 11.8 Å². The van der Waals surface area contributed by atoms with E-state index in [9.17, 15) is 10.1 Å². The first-order valence-electron chi connectivity index (χ1n) is 6.64. The van der Waals surface area contributed by atoms with Gasteiger partial charge in [0.1, 0.15) is 11.6 Å². The zero-order valence-corrected chi connectivity index (χ0v) is 15.2. The molecule has 120 valence electrons. The van der Waals surface area contributed by atoms with Crippen LogP contribution < -0.4 is 15.0 Å². The minimum absolute atomic E-state index is 0.0453. The number of rotatable bonds is 5. The van der Waals surface area contributed by atoms with Gasteiger partial charge in [0.15, 0.2) is 16.7 Å². The van der Waals surface area contributed by atoms with Crippen LogP contribution in [0, 0.1) is 11.3 Å². The van der Waals surface area contributed by atoms with Crippen molar-refractivity contribution in [2.75, 3.05) is 20.0 Å². The lowest BCUT2D eigenvalue weighted by atomic mass is 10.1. The molecule has 0 saturated carbocycles. The highest BCUT2D eigenvalue weighted by Crippen LogP contribution is 2.38. The fraction of sp³-hybridized carbons (Fsp3) is 0.267. The van der Waals surface area contributed by atoms with Crippen LogP contribution in [0.1, 0.15) is 12.5 Å². The highest BCUT2D eigenvalue weighted by Gasteiger charge is 2.18. The van der Waals surface area contributed by atoms with Crippen molar-refractivity contribution in [3.05, 3.63) is 32.5 Å². The quantitative estimate of drug-likeness (QED) is 0.617. The van der Waals surface area contributed by atoms with Gasteiger partial charge in [0.25, 0.3) is 5.56 Å². The molecule has 1 aromatic heterocycles. The van der Waals surface area contributed by atoms with E-state index in [4.69, 9.17) is 9.47 Å². The van der Waals surface area contributed by atoms with Gasteiger partial charge in [-0.05, 0) is 41.2 Å². The van der Waals surface area contributed by atoms with Gasteiger partial charge in [0, 0.05) is 10.0 Å². The molecular formula is C15H14BrN3O3S. The van der Waals surface area contributed by atoms with Crippen molar-refractivity contribution >= 4 is 27.7 Å². The molecule has 23 heavy (non-hydrogen) atoms. The third kappa shape index (κ3) is 3.51. The average molecular weight is 396 g/mol. The van der Waals surface area contributed by atoms with Gasteiger partial charge >= 0.3 is 0 Å². The molecule has 8 heteroatoms. The molecule has 1 aromatic carbocycles. The Balaban J connectivity index is 2.76. The SMILES string of the molecule is CCOc1cc(-c2nc(SC)[nH]c(=O)c2C#N)c(Br)cc1OC. The summed E-state index contributed by atoms with van der Waals surface area (Å²) in [5.41, 5.74) is 0.377. The fourth-order valence-electron chi connectivity index (χ4n) is 1.99. The van der Waals surface area contributed by atoms with Crippen LogP contribution in [0.2, 0.25) is 0 Å². The summed E-state index contributed by atoms with van der Waals surface area (Å²) in [7, 11) is 1.54. The fourth-order valence-corrected chi connectivity index (χ4v) is 2.88. The van der Waals surface area contributed by atoms with Crippen molar-refractivity contribution in [1.82, 2.24) is 9.97 Å². The molecule has 0 aliphatic carbocycles. The number of H-pyrrole nitrogens is 1. The Kier molecular flexibility index (Phi) is 5.69. The second-order valence-corrected chi connectivity index (χ2v) is 5.98. The minimum Gasteiger partial charge on any atom is -0.493 e. The second kappa shape index (κ2) is 7.53. The first kappa shape index (κ1) is 17.4.